The zero-order valence-corrected chi connectivity index (χ0v) is 18.4. The van der Waals surface area contributed by atoms with E-state index in [0.29, 0.717) is 55.4 Å². The van der Waals surface area contributed by atoms with Gasteiger partial charge in [0.25, 0.3) is 5.56 Å². The number of H-pyrrole nitrogens is 1. The van der Waals surface area contributed by atoms with Crippen molar-refractivity contribution in [3.63, 3.8) is 0 Å². The van der Waals surface area contributed by atoms with E-state index in [0.717, 1.165) is 15.3 Å². The molecule has 9 nitrogen and oxygen atoms in total. The molecule has 0 spiro atoms. The van der Waals surface area contributed by atoms with Crippen molar-refractivity contribution in [2.45, 2.75) is 39.1 Å². The van der Waals surface area contributed by atoms with Crippen LogP contribution in [-0.2, 0) is 16.6 Å². The van der Waals surface area contributed by atoms with Crippen LogP contribution >= 0.6 is 11.3 Å². The van der Waals surface area contributed by atoms with Crippen molar-refractivity contribution in [2.24, 2.45) is 0 Å². The summed E-state index contributed by atoms with van der Waals surface area (Å²) < 4.78 is 32.3. The fraction of sp³-hybridized carbons (Fsp3) is 0.500. The van der Waals surface area contributed by atoms with Gasteiger partial charge in [0.2, 0.25) is 10.0 Å². The summed E-state index contributed by atoms with van der Waals surface area (Å²) in [4.78, 5) is 24.0. The number of thiophene rings is 1. The number of nitrogens with one attached hydrogen (secondary N) is 1. The van der Waals surface area contributed by atoms with Gasteiger partial charge in [-0.2, -0.15) is 4.31 Å². The van der Waals surface area contributed by atoms with Gasteiger partial charge in [0.15, 0.2) is 5.76 Å². The van der Waals surface area contributed by atoms with Gasteiger partial charge in [0, 0.05) is 31.1 Å². The van der Waals surface area contributed by atoms with Crippen LogP contribution in [0.25, 0.3) is 10.2 Å². The number of rotatable bonds is 4. The molecule has 0 amide bonds. The van der Waals surface area contributed by atoms with E-state index >= 15 is 0 Å². The summed E-state index contributed by atoms with van der Waals surface area (Å²) in [6, 6.07) is 0. The van der Waals surface area contributed by atoms with Crippen LogP contribution in [0.5, 0.6) is 0 Å². The van der Waals surface area contributed by atoms with Gasteiger partial charge in [-0.3, -0.25) is 9.69 Å². The Morgan fingerprint density at radius 2 is 1.83 bits per heavy atom. The van der Waals surface area contributed by atoms with Crippen LogP contribution in [0.3, 0.4) is 0 Å². The summed E-state index contributed by atoms with van der Waals surface area (Å²) in [5.41, 5.74) is 1.23. The number of fused-ring (bicyclic) bond motifs is 1. The molecular weight excluding hydrogens is 414 g/mol. The predicted octanol–water partition coefficient (Wildman–Crippen LogP) is 1.71. The molecule has 3 aromatic heterocycles. The van der Waals surface area contributed by atoms with E-state index in [-0.39, 0.29) is 10.5 Å². The van der Waals surface area contributed by atoms with Crippen LogP contribution in [0.1, 0.15) is 27.7 Å². The highest BCUT2D eigenvalue weighted by Gasteiger charge is 2.33. The second kappa shape index (κ2) is 7.31. The third-order valence-corrected chi connectivity index (χ3v) is 8.60. The van der Waals surface area contributed by atoms with Crippen molar-refractivity contribution >= 4 is 31.6 Å². The first-order valence-electron chi connectivity index (χ1n) is 9.32. The number of piperazine rings is 1. The standard InChI is InChI=1S/C18H23N5O4S2/c1-10-13(4)28-18-15(10)17(24)19-14(20-18)9-22-5-7-23(8-6-22)29(25,26)16-11(2)21-27-12(16)3/h5-9H2,1-4H3,(H,19,20,24). The second-order valence-corrected chi connectivity index (χ2v) is 10.4. The van der Waals surface area contributed by atoms with Gasteiger partial charge < -0.3 is 9.51 Å². The SMILES string of the molecule is Cc1noc(C)c1S(=O)(=O)N1CCN(Cc2nc3sc(C)c(C)c3c(=O)[nH]2)CC1. The molecule has 4 heterocycles. The van der Waals surface area contributed by atoms with Gasteiger partial charge >= 0.3 is 0 Å². The average Bonchev–Trinajstić information content (AvgIpc) is 3.14. The topological polar surface area (TPSA) is 112 Å². The van der Waals surface area contributed by atoms with Gasteiger partial charge in [-0.1, -0.05) is 5.16 Å². The molecular formula is C18H23N5O4S2. The third kappa shape index (κ3) is 3.52. The summed E-state index contributed by atoms with van der Waals surface area (Å²) in [5.74, 6) is 0.910. The van der Waals surface area contributed by atoms with Gasteiger partial charge in [0.05, 0.1) is 11.9 Å². The van der Waals surface area contributed by atoms with E-state index in [1.807, 2.05) is 13.8 Å². The summed E-state index contributed by atoms with van der Waals surface area (Å²) in [5, 5.41) is 4.42. The molecule has 11 heteroatoms. The van der Waals surface area contributed by atoms with Gasteiger partial charge in [-0.05, 0) is 33.3 Å². The molecule has 0 atom stereocenters. The second-order valence-electron chi connectivity index (χ2n) is 7.31. The van der Waals surface area contributed by atoms with Crippen molar-refractivity contribution < 1.29 is 12.9 Å². The molecule has 0 unspecified atom stereocenters. The molecule has 1 N–H and O–H groups in total. The van der Waals surface area contributed by atoms with Crippen LogP contribution in [0, 0.1) is 27.7 Å². The zero-order valence-electron chi connectivity index (χ0n) is 16.8. The lowest BCUT2D eigenvalue weighted by atomic mass is 10.2. The third-order valence-electron chi connectivity index (χ3n) is 5.36. The molecule has 156 valence electrons. The lowest BCUT2D eigenvalue weighted by Crippen LogP contribution is -2.48. The molecule has 1 saturated heterocycles. The molecule has 1 fully saturated rings. The smallest absolute Gasteiger partial charge is 0.259 e. The Hall–Kier alpha value is -2.08. The normalized spacial score (nSPS) is 16.7. The number of hydrogen-bond donors (Lipinski definition) is 1. The maximum atomic E-state index is 12.9. The van der Waals surface area contributed by atoms with Crippen LogP contribution in [-0.4, -0.2) is 58.9 Å². The van der Waals surface area contributed by atoms with E-state index in [4.69, 9.17) is 4.52 Å². The maximum absolute atomic E-state index is 12.9. The van der Waals surface area contributed by atoms with Crippen molar-refractivity contribution in [1.29, 1.82) is 0 Å². The van der Waals surface area contributed by atoms with Crippen molar-refractivity contribution in [1.82, 2.24) is 24.3 Å². The molecule has 0 aliphatic carbocycles. The summed E-state index contributed by atoms with van der Waals surface area (Å²) in [6.07, 6.45) is 0. The molecule has 1 aliphatic rings. The predicted molar refractivity (Wildman–Crippen MR) is 110 cm³/mol. The van der Waals surface area contributed by atoms with Crippen molar-refractivity contribution in [3.05, 3.63) is 38.1 Å². The van der Waals surface area contributed by atoms with Crippen LogP contribution < -0.4 is 5.56 Å². The lowest BCUT2D eigenvalue weighted by molar-refractivity contribution is 0.178. The molecule has 4 rings (SSSR count). The number of aromatic amines is 1. The fourth-order valence-electron chi connectivity index (χ4n) is 3.69. The minimum absolute atomic E-state index is 0.119. The highest BCUT2D eigenvalue weighted by Crippen LogP contribution is 2.26. The molecule has 0 aromatic carbocycles. The largest absolute Gasteiger partial charge is 0.360 e. The molecule has 3 aromatic rings. The van der Waals surface area contributed by atoms with Gasteiger partial charge in [0.1, 0.15) is 21.2 Å². The van der Waals surface area contributed by atoms with E-state index < -0.39 is 10.0 Å². The van der Waals surface area contributed by atoms with Crippen molar-refractivity contribution in [2.75, 3.05) is 26.2 Å². The number of nitrogens with zero attached hydrogens (tertiary/aromatic N) is 4. The molecule has 0 radical (unpaired) electrons. The fourth-order valence-corrected chi connectivity index (χ4v) is 6.45. The average molecular weight is 438 g/mol. The molecule has 0 saturated carbocycles. The van der Waals surface area contributed by atoms with Crippen LogP contribution in [0.4, 0.5) is 0 Å². The zero-order chi connectivity index (χ0) is 20.9. The first-order valence-corrected chi connectivity index (χ1v) is 11.6. The first kappa shape index (κ1) is 20.2. The van der Waals surface area contributed by atoms with Crippen LogP contribution in [0.2, 0.25) is 0 Å². The first-order chi connectivity index (χ1) is 13.7. The molecule has 1 aliphatic heterocycles. The minimum Gasteiger partial charge on any atom is -0.360 e. The Bertz CT molecular complexity index is 1210. The summed E-state index contributed by atoms with van der Waals surface area (Å²) >= 11 is 1.52. The van der Waals surface area contributed by atoms with E-state index in [9.17, 15) is 13.2 Å². The van der Waals surface area contributed by atoms with E-state index in [1.54, 1.807) is 13.8 Å². The Morgan fingerprint density at radius 3 is 2.45 bits per heavy atom. The molecule has 0 bridgehead atoms. The van der Waals surface area contributed by atoms with E-state index in [2.05, 4.69) is 20.0 Å². The highest BCUT2D eigenvalue weighted by atomic mass is 32.2. The van der Waals surface area contributed by atoms with Gasteiger partial charge in [-0.15, -0.1) is 11.3 Å². The van der Waals surface area contributed by atoms with Crippen LogP contribution in [0.15, 0.2) is 14.2 Å². The highest BCUT2D eigenvalue weighted by molar-refractivity contribution is 7.89. The lowest BCUT2D eigenvalue weighted by Gasteiger charge is -2.33. The monoisotopic (exact) mass is 437 g/mol. The number of hydrogen-bond acceptors (Lipinski definition) is 8. The molecule has 29 heavy (non-hydrogen) atoms. The number of sulfonamides is 1. The Morgan fingerprint density at radius 1 is 1.14 bits per heavy atom. The Labute approximate surface area is 172 Å². The van der Waals surface area contributed by atoms with Crippen molar-refractivity contribution in [3.8, 4) is 0 Å². The maximum Gasteiger partial charge on any atom is 0.259 e. The summed E-state index contributed by atoms with van der Waals surface area (Å²) in [7, 11) is -3.64. The Kier molecular flexibility index (Phi) is 5.09. The minimum atomic E-state index is -3.64. The van der Waals surface area contributed by atoms with Gasteiger partial charge in [-0.25, -0.2) is 13.4 Å². The quantitative estimate of drug-likeness (QED) is 0.661. The Balaban J connectivity index is 1.48. The number of aromatic nitrogens is 3. The number of aryl methyl sites for hydroxylation is 4. The van der Waals surface area contributed by atoms with E-state index in [1.165, 1.54) is 15.6 Å². The summed E-state index contributed by atoms with van der Waals surface area (Å²) in [6.45, 7) is 9.44.